The number of carbonyl (C=O) groups excluding carboxylic acids is 1. The number of allylic oxidation sites excluding steroid dienone is 1. The Morgan fingerprint density at radius 1 is 1.30 bits per heavy atom. The maximum atomic E-state index is 12.7. The van der Waals surface area contributed by atoms with E-state index in [1.54, 1.807) is 16.7 Å². The minimum absolute atomic E-state index is 0.0139. The van der Waals surface area contributed by atoms with Crippen LogP contribution in [0.5, 0.6) is 0 Å². The van der Waals surface area contributed by atoms with Crippen LogP contribution in [-0.4, -0.2) is 50.6 Å². The van der Waals surface area contributed by atoms with Gasteiger partial charge in [-0.15, -0.1) is 0 Å². The maximum absolute atomic E-state index is 12.7. The van der Waals surface area contributed by atoms with Gasteiger partial charge >= 0.3 is 0 Å². The molecule has 2 aromatic heterocycles. The predicted molar refractivity (Wildman–Crippen MR) is 116 cm³/mol. The van der Waals surface area contributed by atoms with Crippen LogP contribution in [0.2, 0.25) is 5.15 Å². The number of aliphatic hydroxyl groups is 1. The van der Waals surface area contributed by atoms with Gasteiger partial charge in [0.2, 0.25) is 22.4 Å². The molecule has 3 atom stereocenters. The minimum atomic E-state index is -4.37. The maximum Gasteiger partial charge on any atom is 0.289 e. The predicted octanol–water partition coefficient (Wildman–Crippen LogP) is 1.37. The minimum Gasteiger partial charge on any atom is -0.377 e. The number of benzene rings is 1. The smallest absolute Gasteiger partial charge is 0.289 e. The van der Waals surface area contributed by atoms with Gasteiger partial charge in [-0.05, 0) is 12.5 Å². The number of rotatable bonds is 8. The fraction of sp³-hybridized carbons (Fsp3) is 0.222. The second kappa shape index (κ2) is 8.82. The van der Waals surface area contributed by atoms with Crippen molar-refractivity contribution in [3.63, 3.8) is 0 Å². The Balaban J connectivity index is 1.54. The van der Waals surface area contributed by atoms with Crippen LogP contribution in [0.15, 0.2) is 47.6 Å². The summed E-state index contributed by atoms with van der Waals surface area (Å²) in [5.41, 5.74) is 0.0467. The molecule has 1 aromatic carbocycles. The van der Waals surface area contributed by atoms with Crippen molar-refractivity contribution in [3.8, 4) is 0 Å². The van der Waals surface area contributed by atoms with E-state index < -0.39 is 37.7 Å². The molecule has 15 heteroatoms. The van der Waals surface area contributed by atoms with Gasteiger partial charge in [0.1, 0.15) is 11.7 Å². The summed E-state index contributed by atoms with van der Waals surface area (Å²) < 4.78 is 29.1. The van der Waals surface area contributed by atoms with Crippen LogP contribution >= 0.6 is 11.6 Å². The molecular weight excluding hydrogens is 478 g/mol. The van der Waals surface area contributed by atoms with Gasteiger partial charge in [0.25, 0.3) is 5.69 Å². The van der Waals surface area contributed by atoms with E-state index in [0.29, 0.717) is 17.6 Å². The van der Waals surface area contributed by atoms with Gasteiger partial charge in [0, 0.05) is 12.0 Å². The number of hydrogen-bond donors (Lipinski definition) is 3. The number of sulfonamides is 1. The first kappa shape index (κ1) is 22.7. The number of nitro groups is 1. The van der Waals surface area contributed by atoms with Gasteiger partial charge in [0.15, 0.2) is 15.7 Å². The summed E-state index contributed by atoms with van der Waals surface area (Å²) >= 11 is 6.10. The molecule has 13 nitrogen and oxygen atoms in total. The number of hydrogen-bond acceptors (Lipinski definition) is 9. The summed E-state index contributed by atoms with van der Waals surface area (Å²) in [6, 6.07) is 4.49. The van der Waals surface area contributed by atoms with E-state index in [4.69, 9.17) is 11.6 Å². The van der Waals surface area contributed by atoms with Crippen molar-refractivity contribution in [2.24, 2.45) is 5.92 Å². The summed E-state index contributed by atoms with van der Waals surface area (Å²) in [7, 11) is -4.37. The molecule has 1 amide bonds. The van der Waals surface area contributed by atoms with Gasteiger partial charge in [-0.1, -0.05) is 35.9 Å². The van der Waals surface area contributed by atoms with E-state index in [-0.39, 0.29) is 23.6 Å². The summed E-state index contributed by atoms with van der Waals surface area (Å²) in [6.45, 7) is 0. The van der Waals surface area contributed by atoms with Crippen molar-refractivity contribution < 1.29 is 23.2 Å². The number of carbonyl (C=O) groups is 1. The fourth-order valence-corrected chi connectivity index (χ4v) is 5.04. The highest BCUT2D eigenvalue weighted by atomic mass is 35.5. The van der Waals surface area contributed by atoms with Gasteiger partial charge in [-0.25, -0.2) is 13.4 Å². The Labute approximate surface area is 191 Å². The molecule has 1 aliphatic rings. The molecule has 2 unspecified atom stereocenters. The first-order valence-electron chi connectivity index (χ1n) is 9.43. The summed E-state index contributed by atoms with van der Waals surface area (Å²) in [5, 5.41) is 24.1. The van der Waals surface area contributed by atoms with Crippen LogP contribution in [0.3, 0.4) is 0 Å². The number of halogens is 1. The van der Waals surface area contributed by atoms with Gasteiger partial charge in [-0.3, -0.25) is 20.2 Å². The summed E-state index contributed by atoms with van der Waals surface area (Å²) in [6.07, 6.45) is 3.95. The number of nitrogens with one attached hydrogen (secondary N) is 2. The average molecular weight is 494 g/mol. The number of amides is 1. The molecule has 0 fully saturated rings. The van der Waals surface area contributed by atoms with Crippen LogP contribution in [0.4, 0.5) is 11.6 Å². The highest BCUT2D eigenvalue weighted by Crippen LogP contribution is 2.33. The second-order valence-electron chi connectivity index (χ2n) is 7.07. The Hall–Kier alpha value is -3.46. The van der Waals surface area contributed by atoms with E-state index >= 15 is 0 Å². The lowest BCUT2D eigenvalue weighted by Crippen LogP contribution is -2.39. The van der Waals surface area contributed by atoms with E-state index in [2.05, 4.69) is 25.0 Å². The number of nitro benzene ring substituents is 1. The zero-order chi connectivity index (χ0) is 23.8. The average Bonchev–Trinajstić information content (AvgIpc) is 3.41. The molecular formula is C18H16ClN7O6S. The Morgan fingerprint density at radius 2 is 2.06 bits per heavy atom. The first-order chi connectivity index (χ1) is 15.7. The van der Waals surface area contributed by atoms with E-state index in [9.17, 15) is 28.4 Å². The molecule has 33 heavy (non-hydrogen) atoms. The fourth-order valence-electron chi connectivity index (χ4n) is 3.53. The van der Waals surface area contributed by atoms with Crippen molar-refractivity contribution in [2.75, 3.05) is 5.32 Å². The molecule has 3 N–H and O–H groups in total. The summed E-state index contributed by atoms with van der Waals surface area (Å²) in [5.74, 6) is -0.658. The third-order valence-electron chi connectivity index (χ3n) is 5.05. The third-order valence-corrected chi connectivity index (χ3v) is 6.79. The van der Waals surface area contributed by atoms with Gasteiger partial charge < -0.3 is 9.67 Å². The van der Waals surface area contributed by atoms with E-state index in [1.165, 1.54) is 18.5 Å². The quantitative estimate of drug-likeness (QED) is 0.104. The van der Waals surface area contributed by atoms with E-state index in [0.717, 1.165) is 12.1 Å². The lowest BCUT2D eigenvalue weighted by atomic mass is 10.1. The zero-order valence-electron chi connectivity index (χ0n) is 16.6. The van der Waals surface area contributed by atoms with Crippen molar-refractivity contribution in [3.05, 3.63) is 58.0 Å². The number of nitrogens with zero attached hydrogens (tertiary/aromatic N) is 5. The Kier molecular flexibility index (Phi) is 6.07. The molecule has 0 bridgehead atoms. The second-order valence-corrected chi connectivity index (χ2v) is 9.11. The van der Waals surface area contributed by atoms with E-state index in [1.807, 2.05) is 0 Å². The van der Waals surface area contributed by atoms with Crippen LogP contribution in [0.25, 0.3) is 11.2 Å². The third kappa shape index (κ3) is 4.41. The number of aliphatic hydroxyl groups excluding tert-OH is 1. The topological polar surface area (TPSA) is 182 Å². The van der Waals surface area contributed by atoms with Crippen molar-refractivity contribution >= 4 is 50.8 Å². The highest BCUT2D eigenvalue weighted by molar-refractivity contribution is 7.89. The molecule has 2 heterocycles. The molecule has 0 spiro atoms. The number of aromatic nitrogens is 4. The molecule has 0 saturated carbocycles. The number of imidazole rings is 1. The highest BCUT2D eigenvalue weighted by Gasteiger charge is 2.33. The zero-order valence-corrected chi connectivity index (χ0v) is 18.1. The van der Waals surface area contributed by atoms with Crippen LogP contribution < -0.4 is 10.0 Å². The van der Waals surface area contributed by atoms with Crippen LogP contribution in [-0.2, 0) is 14.8 Å². The Morgan fingerprint density at radius 3 is 2.79 bits per heavy atom. The first-order valence-corrected chi connectivity index (χ1v) is 11.3. The van der Waals surface area contributed by atoms with Gasteiger partial charge in [0.05, 0.1) is 17.3 Å². The molecule has 0 radical (unpaired) electrons. The molecule has 0 saturated heterocycles. The number of anilines is 1. The molecule has 172 valence electrons. The monoisotopic (exact) mass is 493 g/mol. The SMILES string of the molecule is O=CNc1nc(Cl)c2ncn(C3C=CC([C@H](O)NS(=O)(=O)c4ccccc4[N+](=O)[O-])C3)c2n1. The largest absolute Gasteiger partial charge is 0.377 e. The molecule has 3 aromatic rings. The Bertz CT molecular complexity index is 1380. The molecule has 4 rings (SSSR count). The van der Waals surface area contributed by atoms with Crippen LogP contribution in [0.1, 0.15) is 12.5 Å². The number of para-hydroxylation sites is 1. The van der Waals surface area contributed by atoms with Crippen molar-refractivity contribution in [1.29, 1.82) is 0 Å². The lowest BCUT2D eigenvalue weighted by Gasteiger charge is -2.20. The standard InChI is InChI=1S/C18H16ClN7O6S/c19-15-14-16(23-18(22-15)21-9-27)25(8-20-14)11-6-5-10(7-11)17(28)24-33(31,32)13-4-2-1-3-12(13)26(29)30/h1-6,8-11,17,24,28H,7H2,(H,21,22,23,27)/t10?,11?,17-/m0/s1. The van der Waals surface area contributed by atoms with Crippen molar-refractivity contribution in [1.82, 2.24) is 24.2 Å². The van der Waals surface area contributed by atoms with Crippen LogP contribution in [0, 0.1) is 16.0 Å². The summed E-state index contributed by atoms with van der Waals surface area (Å²) in [4.78, 5) is 32.8. The molecule has 1 aliphatic carbocycles. The lowest BCUT2D eigenvalue weighted by molar-refractivity contribution is -0.387. The normalized spacial score (nSPS) is 19.0. The van der Waals surface area contributed by atoms with Crippen molar-refractivity contribution in [2.45, 2.75) is 23.6 Å². The molecule has 0 aliphatic heterocycles. The number of fused-ring (bicyclic) bond motifs is 1. The van der Waals surface area contributed by atoms with Gasteiger partial charge in [-0.2, -0.15) is 14.7 Å².